The van der Waals surface area contributed by atoms with E-state index in [-0.39, 0.29) is 23.5 Å². The van der Waals surface area contributed by atoms with Crippen molar-refractivity contribution >= 4 is 49.9 Å². The average Bonchev–Trinajstić information content (AvgIpc) is 3.09. The summed E-state index contributed by atoms with van der Waals surface area (Å²) in [7, 11) is 11.0. The second kappa shape index (κ2) is 15.5. The third-order valence-electron chi connectivity index (χ3n) is 8.17. The van der Waals surface area contributed by atoms with Crippen molar-refractivity contribution < 1.29 is 9.47 Å². The van der Waals surface area contributed by atoms with Gasteiger partial charge in [-0.3, -0.25) is 9.59 Å². The maximum absolute atomic E-state index is 12.8. The first-order valence-corrected chi connectivity index (χ1v) is 16.0. The fourth-order valence-corrected chi connectivity index (χ4v) is 6.49. The number of benzene rings is 4. The van der Waals surface area contributed by atoms with E-state index in [1.54, 1.807) is 23.4 Å². The first-order chi connectivity index (χ1) is 22.2. The SMILES string of the molecule is COc1ccc2c(=O)n(C)c(CBr)c(-c3ccccc3)c2c1.COc1ccc2c(=O)n(C)c(CN(C)C)c(-c3ccccc3)c2c1.Cl. The highest BCUT2D eigenvalue weighted by molar-refractivity contribution is 9.08. The topological polar surface area (TPSA) is 65.7 Å². The van der Waals surface area contributed by atoms with Crippen molar-refractivity contribution in [3.05, 3.63) is 129 Å². The van der Waals surface area contributed by atoms with E-state index in [0.717, 1.165) is 55.9 Å². The summed E-state index contributed by atoms with van der Waals surface area (Å²) in [6.07, 6.45) is 0. The summed E-state index contributed by atoms with van der Waals surface area (Å²) in [4.78, 5) is 27.5. The highest BCUT2D eigenvalue weighted by atomic mass is 79.9. The molecule has 0 aliphatic rings. The lowest BCUT2D eigenvalue weighted by Crippen LogP contribution is -2.25. The number of fused-ring (bicyclic) bond motifs is 2. The van der Waals surface area contributed by atoms with Gasteiger partial charge in [-0.05, 0) is 61.6 Å². The molecule has 0 aliphatic heterocycles. The Morgan fingerprint density at radius 2 is 1.02 bits per heavy atom. The van der Waals surface area contributed by atoms with Gasteiger partial charge in [-0.2, -0.15) is 0 Å². The van der Waals surface area contributed by atoms with Gasteiger partial charge < -0.3 is 23.5 Å². The second-order valence-corrected chi connectivity index (χ2v) is 11.9. The minimum Gasteiger partial charge on any atom is -0.497 e. The molecule has 0 atom stereocenters. The third-order valence-corrected chi connectivity index (χ3v) is 8.70. The monoisotopic (exact) mass is 715 g/mol. The van der Waals surface area contributed by atoms with Gasteiger partial charge in [0, 0.05) is 70.0 Å². The van der Waals surface area contributed by atoms with Crippen LogP contribution in [0.1, 0.15) is 11.4 Å². The molecule has 6 aromatic rings. The molecule has 0 amide bonds. The van der Waals surface area contributed by atoms with Crippen LogP contribution < -0.4 is 20.6 Å². The van der Waals surface area contributed by atoms with Crippen LogP contribution in [0, 0.1) is 0 Å². The summed E-state index contributed by atoms with van der Waals surface area (Å²) in [5, 5.41) is 3.87. The molecule has 244 valence electrons. The molecule has 47 heavy (non-hydrogen) atoms. The molecule has 9 heteroatoms. The number of aromatic nitrogens is 2. The molecule has 0 unspecified atom stereocenters. The molecular formula is C38H39BrClN3O4. The molecule has 0 N–H and O–H groups in total. The predicted molar refractivity (Wildman–Crippen MR) is 200 cm³/mol. The standard InChI is InChI=1S/C20H22N2O2.C18H16BrNO2.ClH/c1-21(2)13-18-19(14-8-6-5-7-9-14)17-12-15(24-4)10-11-16(17)20(23)22(18)3;1-20-16(11-19)17(12-6-4-3-5-7-12)15-10-13(22-2)8-9-14(15)18(20)21;/h5-12H,13H2,1-4H3;3-10H,11H2,1-2H3;1H. The molecule has 2 heterocycles. The molecule has 0 saturated carbocycles. The van der Waals surface area contributed by atoms with E-state index in [4.69, 9.17) is 9.47 Å². The van der Waals surface area contributed by atoms with Crippen LogP contribution in [0.25, 0.3) is 43.8 Å². The van der Waals surface area contributed by atoms with Crippen molar-refractivity contribution in [1.82, 2.24) is 14.0 Å². The van der Waals surface area contributed by atoms with Crippen LogP contribution in [0.2, 0.25) is 0 Å². The summed E-state index contributed by atoms with van der Waals surface area (Å²) < 4.78 is 14.2. The third kappa shape index (κ3) is 7.15. The van der Waals surface area contributed by atoms with Gasteiger partial charge in [0.05, 0.1) is 14.2 Å². The zero-order chi connectivity index (χ0) is 33.0. The van der Waals surface area contributed by atoms with Crippen LogP contribution in [-0.2, 0) is 26.0 Å². The molecule has 0 aliphatic carbocycles. The molecule has 6 rings (SSSR count). The quantitative estimate of drug-likeness (QED) is 0.158. The number of nitrogens with zero attached hydrogens (tertiary/aromatic N) is 3. The fourth-order valence-electron chi connectivity index (χ4n) is 5.84. The number of alkyl halides is 1. The van der Waals surface area contributed by atoms with Crippen molar-refractivity contribution in [3.8, 4) is 33.8 Å². The van der Waals surface area contributed by atoms with Crippen LogP contribution in [0.15, 0.2) is 107 Å². The maximum atomic E-state index is 12.8. The average molecular weight is 717 g/mol. The van der Waals surface area contributed by atoms with Crippen molar-refractivity contribution in [1.29, 1.82) is 0 Å². The Balaban J connectivity index is 0.000000209. The van der Waals surface area contributed by atoms with Gasteiger partial charge >= 0.3 is 0 Å². The van der Waals surface area contributed by atoms with E-state index in [9.17, 15) is 9.59 Å². The van der Waals surface area contributed by atoms with E-state index in [1.807, 2.05) is 101 Å². The van der Waals surface area contributed by atoms with E-state index in [2.05, 4.69) is 45.1 Å². The lowest BCUT2D eigenvalue weighted by atomic mass is 9.96. The summed E-state index contributed by atoms with van der Waals surface area (Å²) >= 11 is 3.52. The Morgan fingerprint density at radius 1 is 0.617 bits per heavy atom. The molecule has 4 aromatic carbocycles. The minimum absolute atomic E-state index is 0. The highest BCUT2D eigenvalue weighted by Crippen LogP contribution is 2.34. The molecule has 7 nitrogen and oxygen atoms in total. The van der Waals surface area contributed by atoms with E-state index < -0.39 is 0 Å². The lowest BCUT2D eigenvalue weighted by Gasteiger charge is -2.20. The molecule has 0 saturated heterocycles. The van der Waals surface area contributed by atoms with Crippen molar-refractivity contribution in [2.45, 2.75) is 11.9 Å². The Labute approximate surface area is 289 Å². The Kier molecular flexibility index (Phi) is 11.7. The van der Waals surface area contributed by atoms with Crippen LogP contribution >= 0.6 is 28.3 Å². The predicted octanol–water partition coefficient (Wildman–Crippen LogP) is 7.81. The molecular weight excluding hydrogens is 678 g/mol. The highest BCUT2D eigenvalue weighted by Gasteiger charge is 2.18. The number of ether oxygens (including phenoxy) is 2. The van der Waals surface area contributed by atoms with Crippen LogP contribution in [0.5, 0.6) is 11.5 Å². The zero-order valence-corrected chi connectivity index (χ0v) is 29.8. The molecule has 0 spiro atoms. The van der Waals surface area contributed by atoms with Gasteiger partial charge in [0.15, 0.2) is 0 Å². The van der Waals surface area contributed by atoms with Gasteiger partial charge in [-0.15, -0.1) is 12.4 Å². The fraction of sp³-hybridized carbons (Fsp3) is 0.211. The lowest BCUT2D eigenvalue weighted by molar-refractivity contribution is 0.390. The summed E-state index contributed by atoms with van der Waals surface area (Å²) in [6, 6.07) is 31.6. The van der Waals surface area contributed by atoms with Crippen LogP contribution in [-0.4, -0.2) is 42.3 Å². The minimum atomic E-state index is 0. The van der Waals surface area contributed by atoms with Gasteiger partial charge in [-0.25, -0.2) is 0 Å². The number of halogens is 2. The largest absolute Gasteiger partial charge is 0.497 e. The van der Waals surface area contributed by atoms with E-state index >= 15 is 0 Å². The van der Waals surface area contributed by atoms with Gasteiger partial charge in [0.2, 0.25) is 0 Å². The summed E-state index contributed by atoms with van der Waals surface area (Å²) in [5.74, 6) is 1.50. The van der Waals surface area contributed by atoms with Crippen molar-refractivity contribution in [2.24, 2.45) is 14.1 Å². The first kappa shape index (κ1) is 35.5. The number of pyridine rings is 2. The second-order valence-electron chi connectivity index (χ2n) is 11.3. The molecule has 0 fully saturated rings. The van der Waals surface area contributed by atoms with Crippen LogP contribution in [0.4, 0.5) is 0 Å². The van der Waals surface area contributed by atoms with E-state index in [1.165, 1.54) is 0 Å². The van der Waals surface area contributed by atoms with Gasteiger partial charge in [-0.1, -0.05) is 76.6 Å². The molecule has 2 aromatic heterocycles. The van der Waals surface area contributed by atoms with Gasteiger partial charge in [0.1, 0.15) is 11.5 Å². The van der Waals surface area contributed by atoms with E-state index in [0.29, 0.717) is 22.6 Å². The smallest absolute Gasteiger partial charge is 0.258 e. The van der Waals surface area contributed by atoms with Crippen molar-refractivity contribution in [3.63, 3.8) is 0 Å². The summed E-state index contributed by atoms with van der Waals surface area (Å²) in [6.45, 7) is 0.684. The summed E-state index contributed by atoms with van der Waals surface area (Å²) in [5.41, 5.74) is 6.31. The zero-order valence-electron chi connectivity index (χ0n) is 27.4. The van der Waals surface area contributed by atoms with Crippen molar-refractivity contribution in [2.75, 3.05) is 28.3 Å². The Hall–Kier alpha value is -4.37. The number of rotatable bonds is 7. The molecule has 0 bridgehead atoms. The van der Waals surface area contributed by atoms with Crippen LogP contribution in [0.3, 0.4) is 0 Å². The Bertz CT molecular complexity index is 2130. The molecule has 0 radical (unpaired) electrons. The first-order valence-electron chi connectivity index (χ1n) is 14.9. The number of hydrogen-bond acceptors (Lipinski definition) is 5. The number of methoxy groups -OCH3 is 2. The Morgan fingerprint density at radius 3 is 1.40 bits per heavy atom. The number of hydrogen-bond donors (Lipinski definition) is 0. The normalized spacial score (nSPS) is 10.8. The maximum Gasteiger partial charge on any atom is 0.258 e. The van der Waals surface area contributed by atoms with Gasteiger partial charge in [0.25, 0.3) is 11.1 Å².